The number of ether oxygens (including phenoxy) is 3. The van der Waals surface area contributed by atoms with E-state index in [0.717, 1.165) is 18.6 Å². The van der Waals surface area contributed by atoms with E-state index in [9.17, 15) is 4.79 Å². The number of urea groups is 1. The standard InChI is InChI=1S/C18H23N3O4/c1-2-3-8-23-14-6-4-13(5-7-14)20-18(22)21-15-11-25-16-12(9-19)10-24-17(15)16/h4-7,12,15-17H,2-3,8,10-11H2,1H3,(H2,20,21,22)/t12-,15+,16+,17-/m0/s1. The molecule has 0 radical (unpaired) electrons. The summed E-state index contributed by atoms with van der Waals surface area (Å²) in [6.45, 7) is 3.51. The molecule has 0 unspecified atom stereocenters. The number of hydrogen-bond acceptors (Lipinski definition) is 5. The average molecular weight is 345 g/mol. The van der Waals surface area contributed by atoms with Gasteiger partial charge in [-0.2, -0.15) is 5.26 Å². The van der Waals surface area contributed by atoms with Crippen molar-refractivity contribution in [1.29, 1.82) is 5.26 Å². The van der Waals surface area contributed by atoms with Crippen LogP contribution in [0.3, 0.4) is 0 Å². The number of amides is 2. The summed E-state index contributed by atoms with van der Waals surface area (Å²) in [5, 5.41) is 14.7. The lowest BCUT2D eigenvalue weighted by Crippen LogP contribution is -2.45. The highest BCUT2D eigenvalue weighted by molar-refractivity contribution is 5.89. The van der Waals surface area contributed by atoms with Gasteiger partial charge in [-0.1, -0.05) is 13.3 Å². The number of fused-ring (bicyclic) bond motifs is 1. The predicted molar refractivity (Wildman–Crippen MR) is 91.4 cm³/mol. The minimum atomic E-state index is -0.321. The number of anilines is 1. The molecule has 2 heterocycles. The minimum Gasteiger partial charge on any atom is -0.494 e. The van der Waals surface area contributed by atoms with Gasteiger partial charge in [0.25, 0.3) is 0 Å². The van der Waals surface area contributed by atoms with Crippen LogP contribution >= 0.6 is 0 Å². The minimum absolute atomic E-state index is 0.250. The second-order valence-corrected chi connectivity index (χ2v) is 6.26. The first-order valence-corrected chi connectivity index (χ1v) is 8.64. The van der Waals surface area contributed by atoms with E-state index in [1.807, 2.05) is 12.1 Å². The van der Waals surface area contributed by atoms with Crippen molar-refractivity contribution < 1.29 is 19.0 Å². The second-order valence-electron chi connectivity index (χ2n) is 6.26. The molecule has 134 valence electrons. The third-order valence-electron chi connectivity index (χ3n) is 4.41. The van der Waals surface area contributed by atoms with Crippen LogP contribution in [0.1, 0.15) is 19.8 Å². The molecular weight excluding hydrogens is 322 g/mol. The van der Waals surface area contributed by atoms with Crippen LogP contribution in [0.15, 0.2) is 24.3 Å². The number of benzene rings is 1. The first kappa shape index (κ1) is 17.5. The summed E-state index contributed by atoms with van der Waals surface area (Å²) in [5.74, 6) is 0.522. The number of carbonyl (C=O) groups is 1. The van der Waals surface area contributed by atoms with Gasteiger partial charge in [0.15, 0.2) is 0 Å². The molecule has 7 nitrogen and oxygen atoms in total. The molecule has 0 aliphatic carbocycles. The third-order valence-corrected chi connectivity index (χ3v) is 4.41. The molecule has 2 aliphatic rings. The highest BCUT2D eigenvalue weighted by atomic mass is 16.6. The van der Waals surface area contributed by atoms with Crippen LogP contribution in [-0.4, -0.2) is 44.1 Å². The fraction of sp³-hybridized carbons (Fsp3) is 0.556. The Labute approximate surface area is 147 Å². The summed E-state index contributed by atoms with van der Waals surface area (Å²) >= 11 is 0. The Hall–Kier alpha value is -2.30. The SMILES string of the molecule is CCCCOc1ccc(NC(=O)N[C@@H]2CO[C@H]3[C@H]2OC[C@@H]3C#N)cc1. The zero-order valence-corrected chi connectivity index (χ0v) is 14.2. The molecule has 7 heteroatoms. The first-order valence-electron chi connectivity index (χ1n) is 8.64. The Morgan fingerprint density at radius 3 is 2.76 bits per heavy atom. The average Bonchev–Trinajstić information content (AvgIpc) is 3.19. The highest BCUT2D eigenvalue weighted by Crippen LogP contribution is 2.30. The van der Waals surface area contributed by atoms with Gasteiger partial charge >= 0.3 is 6.03 Å². The van der Waals surface area contributed by atoms with Gasteiger partial charge in [0.2, 0.25) is 0 Å². The van der Waals surface area contributed by atoms with Gasteiger partial charge in [-0.05, 0) is 30.7 Å². The lowest BCUT2D eigenvalue weighted by atomic mass is 10.0. The van der Waals surface area contributed by atoms with Crippen molar-refractivity contribution in [2.45, 2.75) is 38.0 Å². The van der Waals surface area contributed by atoms with Gasteiger partial charge < -0.3 is 24.8 Å². The largest absolute Gasteiger partial charge is 0.494 e. The third kappa shape index (κ3) is 4.21. The Balaban J connectivity index is 1.47. The Bertz CT molecular complexity index is 628. The van der Waals surface area contributed by atoms with Crippen molar-refractivity contribution >= 4 is 11.7 Å². The Morgan fingerprint density at radius 2 is 2.04 bits per heavy atom. The number of carbonyl (C=O) groups excluding carboxylic acids is 1. The predicted octanol–water partition coefficient (Wildman–Crippen LogP) is 2.29. The Morgan fingerprint density at radius 1 is 1.28 bits per heavy atom. The number of unbranched alkanes of at least 4 members (excludes halogenated alkanes) is 1. The number of nitrogens with one attached hydrogen (secondary N) is 2. The van der Waals surface area contributed by atoms with Gasteiger partial charge in [-0.3, -0.25) is 0 Å². The normalized spacial score (nSPS) is 27.4. The zero-order chi connectivity index (χ0) is 17.6. The molecular formula is C18H23N3O4. The zero-order valence-electron chi connectivity index (χ0n) is 14.2. The van der Waals surface area contributed by atoms with Crippen LogP contribution in [0.4, 0.5) is 10.5 Å². The molecule has 25 heavy (non-hydrogen) atoms. The first-order chi connectivity index (χ1) is 12.2. The highest BCUT2D eigenvalue weighted by Gasteiger charge is 2.48. The molecule has 0 aromatic heterocycles. The van der Waals surface area contributed by atoms with Crippen LogP contribution in [0.2, 0.25) is 0 Å². The number of hydrogen-bond donors (Lipinski definition) is 2. The van der Waals surface area contributed by atoms with Crippen molar-refractivity contribution in [2.24, 2.45) is 5.92 Å². The number of nitrogens with zero attached hydrogens (tertiary/aromatic N) is 1. The molecule has 3 rings (SSSR count). The molecule has 1 aromatic carbocycles. The summed E-state index contributed by atoms with van der Waals surface area (Å²) in [6, 6.07) is 8.87. The van der Waals surface area contributed by atoms with Gasteiger partial charge in [0, 0.05) is 5.69 Å². The van der Waals surface area contributed by atoms with E-state index in [2.05, 4.69) is 23.6 Å². The molecule has 2 fully saturated rings. The van der Waals surface area contributed by atoms with E-state index < -0.39 is 0 Å². The quantitative estimate of drug-likeness (QED) is 0.772. The lowest BCUT2D eigenvalue weighted by Gasteiger charge is -2.18. The van der Waals surface area contributed by atoms with Gasteiger partial charge in [-0.15, -0.1) is 0 Å². The molecule has 0 saturated carbocycles. The maximum absolute atomic E-state index is 12.2. The molecule has 2 amide bonds. The molecule has 4 atom stereocenters. The van der Waals surface area contributed by atoms with Crippen LogP contribution in [0.25, 0.3) is 0 Å². The summed E-state index contributed by atoms with van der Waals surface area (Å²) in [5.41, 5.74) is 0.679. The summed E-state index contributed by atoms with van der Waals surface area (Å²) in [6.07, 6.45) is 1.59. The van der Waals surface area contributed by atoms with Gasteiger partial charge in [-0.25, -0.2) is 4.79 Å². The van der Waals surface area contributed by atoms with E-state index in [0.29, 0.717) is 25.5 Å². The Kier molecular flexibility index (Phi) is 5.74. The molecule has 2 aliphatic heterocycles. The van der Waals surface area contributed by atoms with E-state index in [1.54, 1.807) is 12.1 Å². The van der Waals surface area contributed by atoms with Crippen LogP contribution in [0.5, 0.6) is 5.75 Å². The fourth-order valence-electron chi connectivity index (χ4n) is 3.04. The van der Waals surface area contributed by atoms with Crippen LogP contribution in [-0.2, 0) is 9.47 Å². The molecule has 1 aromatic rings. The van der Waals surface area contributed by atoms with E-state index in [4.69, 9.17) is 19.5 Å². The van der Waals surface area contributed by atoms with E-state index in [-0.39, 0.29) is 30.2 Å². The van der Waals surface area contributed by atoms with Crippen LogP contribution in [0, 0.1) is 17.2 Å². The maximum Gasteiger partial charge on any atom is 0.319 e. The lowest BCUT2D eigenvalue weighted by molar-refractivity contribution is 0.0665. The summed E-state index contributed by atoms with van der Waals surface area (Å²) < 4.78 is 16.8. The molecule has 2 saturated heterocycles. The van der Waals surface area contributed by atoms with Crippen molar-refractivity contribution in [3.63, 3.8) is 0 Å². The molecule has 0 bridgehead atoms. The number of nitriles is 1. The van der Waals surface area contributed by atoms with Crippen molar-refractivity contribution in [3.8, 4) is 11.8 Å². The summed E-state index contributed by atoms with van der Waals surface area (Å²) in [4.78, 5) is 12.2. The van der Waals surface area contributed by atoms with Crippen molar-refractivity contribution in [2.75, 3.05) is 25.1 Å². The van der Waals surface area contributed by atoms with E-state index in [1.165, 1.54) is 0 Å². The van der Waals surface area contributed by atoms with Gasteiger partial charge in [0.1, 0.15) is 18.0 Å². The smallest absolute Gasteiger partial charge is 0.319 e. The monoisotopic (exact) mass is 345 g/mol. The number of rotatable bonds is 6. The maximum atomic E-state index is 12.2. The topological polar surface area (TPSA) is 92.6 Å². The molecule has 0 spiro atoms. The van der Waals surface area contributed by atoms with Crippen molar-refractivity contribution in [3.05, 3.63) is 24.3 Å². The second kappa shape index (κ2) is 8.19. The van der Waals surface area contributed by atoms with Gasteiger partial charge in [0.05, 0.1) is 37.8 Å². The van der Waals surface area contributed by atoms with Crippen molar-refractivity contribution in [1.82, 2.24) is 5.32 Å². The van der Waals surface area contributed by atoms with E-state index >= 15 is 0 Å². The van der Waals surface area contributed by atoms with Crippen LogP contribution < -0.4 is 15.4 Å². The molecule has 2 N–H and O–H groups in total. The fourth-order valence-corrected chi connectivity index (χ4v) is 3.04. The summed E-state index contributed by atoms with van der Waals surface area (Å²) in [7, 11) is 0.